The van der Waals surface area contributed by atoms with Crippen LogP contribution in [0.4, 0.5) is 0 Å². The van der Waals surface area contributed by atoms with Gasteiger partial charge in [0, 0.05) is 4.11 Å². The van der Waals surface area contributed by atoms with Gasteiger partial charge in [0.25, 0.3) is 0 Å². The lowest BCUT2D eigenvalue weighted by atomic mass is 9.68. The summed E-state index contributed by atoms with van der Waals surface area (Å²) in [5.41, 5.74) is 10.3. The Balaban J connectivity index is -0.000000101. The summed E-state index contributed by atoms with van der Waals surface area (Å²) in [6, 6.07) is 0. The molecule has 0 amide bonds. The highest BCUT2D eigenvalue weighted by molar-refractivity contribution is 5.14. The van der Waals surface area contributed by atoms with E-state index in [9.17, 15) is 0 Å². The lowest BCUT2D eigenvalue weighted by Crippen LogP contribution is -2.28. The van der Waals surface area contributed by atoms with Crippen LogP contribution in [0.3, 0.4) is 0 Å². The van der Waals surface area contributed by atoms with Crippen molar-refractivity contribution >= 4 is 0 Å². The summed E-state index contributed by atoms with van der Waals surface area (Å²) in [5.74, 6) is 0. The normalized spacial score (nSPS) is 13.9. The Morgan fingerprint density at radius 1 is 0.385 bits per heavy atom. The molecule has 0 rings (SSSR count). The second-order valence-corrected chi connectivity index (χ2v) is 30.1. The first kappa shape index (κ1) is 73.2. The predicted molar refractivity (Wildman–Crippen MR) is 316 cm³/mol. The molecule has 0 aliphatic rings. The van der Waals surface area contributed by atoms with Crippen molar-refractivity contribution in [2.75, 3.05) is 0 Å². The van der Waals surface area contributed by atoms with Gasteiger partial charge in [0.15, 0.2) is 0 Å². The van der Waals surface area contributed by atoms with Gasteiger partial charge in [-0.3, -0.25) is 0 Å². The van der Waals surface area contributed by atoms with E-state index in [1.807, 2.05) is 34.6 Å². The number of hydrogen-bond acceptors (Lipinski definition) is 0. The standard InChI is InChI=1S/2C9H20.2C9H18.C8H16.3C7H16/c1-8(2,3)7-9(4,5)6;1-7-9(5,6)8(2,3)4;2*1-7(2)8(3)9(4,5)6;1-7(2)6-8(3,4)5;2*1-5-6-7(2,3)4;1-5-7(3,4)6-2/h2*7H2,1-6H3;2*1-6H3;6H,1-5H3;3*5-6H2,1-4H3/i;5D3;;;;;;. The van der Waals surface area contributed by atoms with Crippen LogP contribution in [-0.2, 0) is 0 Å². The van der Waals surface area contributed by atoms with Gasteiger partial charge in [-0.1, -0.05) is 294 Å². The molecule has 0 aromatic carbocycles. The average molecular weight is 925 g/mol. The minimum Gasteiger partial charge on any atom is -0.0805 e. The van der Waals surface area contributed by atoms with E-state index in [2.05, 4.69) is 248 Å². The molecule has 0 aromatic heterocycles. The fraction of sp³-hybridized carbons (Fsp3) is 0.908. The number of allylic oxidation sites excluding steroid dienone is 6. The van der Waals surface area contributed by atoms with Gasteiger partial charge >= 0.3 is 0 Å². The lowest BCUT2D eigenvalue weighted by molar-refractivity contribution is 0.126. The third-order valence-corrected chi connectivity index (χ3v) is 11.8. The first-order chi connectivity index (χ1) is 29.1. The molecule has 0 heteroatoms. The Morgan fingerprint density at radius 2 is 0.646 bits per heavy atom. The van der Waals surface area contributed by atoms with Crippen LogP contribution >= 0.6 is 0 Å². The maximum atomic E-state index is 7.47. The summed E-state index contributed by atoms with van der Waals surface area (Å²) in [6.07, 6.45) is 12.1. The molecular weight excluding hydrogens is 781 g/mol. The van der Waals surface area contributed by atoms with Gasteiger partial charge in [0.2, 0.25) is 0 Å². The van der Waals surface area contributed by atoms with E-state index in [4.69, 9.17) is 4.11 Å². The van der Waals surface area contributed by atoms with E-state index < -0.39 is 12.3 Å². The number of hydrogen-bond donors (Lipinski definition) is 0. The van der Waals surface area contributed by atoms with Gasteiger partial charge in [-0.05, 0) is 129 Å². The highest BCUT2D eigenvalue weighted by Gasteiger charge is 2.30. The molecule has 0 radical (unpaired) electrons. The zero-order valence-corrected chi connectivity index (χ0v) is 54.2. The molecule has 400 valence electrons. The zero-order valence-electron chi connectivity index (χ0n) is 57.2. The van der Waals surface area contributed by atoms with Gasteiger partial charge in [0.1, 0.15) is 0 Å². The fourth-order valence-corrected chi connectivity index (χ4v) is 6.24. The minimum absolute atomic E-state index is 0.174. The quantitative estimate of drug-likeness (QED) is 0.241. The van der Waals surface area contributed by atoms with Crippen LogP contribution in [0.1, 0.15) is 339 Å². The van der Waals surface area contributed by atoms with Gasteiger partial charge in [0.05, 0.1) is 0 Å². The molecule has 0 aliphatic carbocycles. The van der Waals surface area contributed by atoms with Crippen molar-refractivity contribution in [3.63, 3.8) is 0 Å². The van der Waals surface area contributed by atoms with E-state index in [0.29, 0.717) is 49.7 Å². The van der Waals surface area contributed by atoms with Crippen molar-refractivity contribution in [1.82, 2.24) is 0 Å². The summed E-state index contributed by atoms with van der Waals surface area (Å²) >= 11 is 0. The van der Waals surface area contributed by atoms with Gasteiger partial charge in [-0.2, -0.15) is 0 Å². The molecule has 1 unspecified atom stereocenters. The average Bonchev–Trinajstić information content (AvgIpc) is 3.03. The van der Waals surface area contributed by atoms with Crippen molar-refractivity contribution in [3.8, 4) is 0 Å². The summed E-state index contributed by atoms with van der Waals surface area (Å²) in [5, 5.41) is 0. The molecule has 0 saturated carbocycles. The van der Waals surface area contributed by atoms with Crippen LogP contribution in [0.25, 0.3) is 0 Å². The monoisotopic (exact) mass is 924 g/mol. The molecule has 0 bridgehead atoms. The van der Waals surface area contributed by atoms with Crippen molar-refractivity contribution < 1.29 is 4.11 Å². The highest BCUT2D eigenvalue weighted by atomic mass is 14.4. The van der Waals surface area contributed by atoms with Crippen LogP contribution < -0.4 is 0 Å². The Bertz CT molecular complexity index is 1200. The van der Waals surface area contributed by atoms with Gasteiger partial charge in [-0.25, -0.2) is 0 Å². The molecule has 0 heterocycles. The van der Waals surface area contributed by atoms with E-state index in [1.165, 1.54) is 72.8 Å². The molecule has 0 aliphatic heterocycles. The maximum absolute atomic E-state index is 7.47. The summed E-state index contributed by atoms with van der Waals surface area (Å²) < 4.78 is 22.4. The van der Waals surface area contributed by atoms with Gasteiger partial charge in [-0.15, -0.1) is 0 Å². The Morgan fingerprint density at radius 3 is 0.646 bits per heavy atom. The Hall–Kier alpha value is -0.780. The van der Waals surface area contributed by atoms with Crippen LogP contribution in [0, 0.1) is 54.1 Å². The third-order valence-electron chi connectivity index (χ3n) is 11.8. The molecule has 65 heavy (non-hydrogen) atoms. The molecule has 0 spiro atoms. The number of rotatable bonds is 5. The van der Waals surface area contributed by atoms with Crippen LogP contribution in [-0.4, -0.2) is 0 Å². The van der Waals surface area contributed by atoms with Gasteiger partial charge < -0.3 is 0 Å². The van der Waals surface area contributed by atoms with Crippen LogP contribution in [0.15, 0.2) is 33.9 Å². The summed E-state index contributed by atoms with van der Waals surface area (Å²) in [7, 11) is 0. The molecular formula is C65H140. The first-order valence-electron chi connectivity index (χ1n) is 28.1. The molecule has 1 atom stereocenters. The third kappa shape index (κ3) is 75.0. The smallest absolute Gasteiger partial charge is 0.0236 e. The Kier molecular flexibility index (Phi) is 39.8. The molecule has 0 nitrogen and oxygen atoms in total. The molecule has 0 saturated heterocycles. The first-order valence-corrected chi connectivity index (χ1v) is 26.6. The van der Waals surface area contributed by atoms with Crippen molar-refractivity contribution in [2.24, 2.45) is 54.1 Å². The molecule has 0 fully saturated rings. The molecule has 0 aromatic rings. The van der Waals surface area contributed by atoms with Crippen LogP contribution in [0.2, 0.25) is 0 Å². The summed E-state index contributed by atoms with van der Waals surface area (Å²) in [4.78, 5) is 0. The second-order valence-electron chi connectivity index (χ2n) is 30.1. The fourth-order valence-electron chi connectivity index (χ4n) is 6.24. The summed E-state index contributed by atoms with van der Waals surface area (Å²) in [6.45, 7) is 86.2. The largest absolute Gasteiger partial charge is 0.0805 e. The maximum Gasteiger partial charge on any atom is 0.0236 e. The molecule has 0 N–H and O–H groups in total. The minimum atomic E-state index is -1.86. The van der Waals surface area contributed by atoms with E-state index >= 15 is 0 Å². The predicted octanol–water partition coefficient (Wildman–Crippen LogP) is 25.2. The van der Waals surface area contributed by atoms with E-state index in [-0.39, 0.29) is 5.41 Å². The topological polar surface area (TPSA) is 0 Å². The second kappa shape index (κ2) is 35.3. The highest BCUT2D eigenvalue weighted by Crippen LogP contribution is 2.40. The Labute approximate surface area is 425 Å². The van der Waals surface area contributed by atoms with E-state index in [0.717, 1.165) is 0 Å². The van der Waals surface area contributed by atoms with E-state index in [1.54, 1.807) is 0 Å². The SMILES string of the molecule is CC(C)(C)CC(C)(C)C.CC(C)=C(C)C(C)(C)C.CC(C)=C(C)C(C)(C)C.CC(C)=CC(C)(C)C.CCC(C)(C)CC.CCCC(C)(C)C.CCCC(C)(C)C.[2H]C([2H])([2H])C(C)(CC)C(C)(C)C. The van der Waals surface area contributed by atoms with Crippen molar-refractivity contribution in [3.05, 3.63) is 33.9 Å². The van der Waals surface area contributed by atoms with Crippen LogP contribution in [0.5, 0.6) is 0 Å². The van der Waals surface area contributed by atoms with Crippen molar-refractivity contribution in [1.29, 1.82) is 0 Å². The van der Waals surface area contributed by atoms with Crippen molar-refractivity contribution in [2.45, 2.75) is 335 Å². The lowest BCUT2D eigenvalue weighted by Gasteiger charge is -2.37. The zero-order chi connectivity index (χ0) is 57.8.